The molecule has 0 aromatic carbocycles. The van der Waals surface area contributed by atoms with Crippen LogP contribution in [0.15, 0.2) is 0 Å². The van der Waals surface area contributed by atoms with Crippen molar-refractivity contribution >= 4 is 11.9 Å². The standard InChI is InChI=1S/C20H35NO3/c22-19(17-14-10-11-15-18(17)20(23)24)21-16-12-8-6-4-2-1-3-5-7-9-13-16/h16-18H,1-15H2,(H,21,22)(H,23,24)/p-1/t17-,18+/m0/s1. The van der Waals surface area contributed by atoms with E-state index >= 15 is 0 Å². The van der Waals surface area contributed by atoms with Crippen LogP contribution in [0.2, 0.25) is 0 Å². The van der Waals surface area contributed by atoms with E-state index in [9.17, 15) is 14.7 Å². The van der Waals surface area contributed by atoms with Crippen molar-refractivity contribution in [2.75, 3.05) is 0 Å². The first kappa shape index (κ1) is 19.3. The van der Waals surface area contributed by atoms with Crippen molar-refractivity contribution in [3.05, 3.63) is 0 Å². The van der Waals surface area contributed by atoms with Crippen LogP contribution in [0.3, 0.4) is 0 Å². The Balaban J connectivity index is 1.87. The summed E-state index contributed by atoms with van der Waals surface area (Å²) >= 11 is 0. The van der Waals surface area contributed by atoms with Crippen molar-refractivity contribution in [3.8, 4) is 0 Å². The van der Waals surface area contributed by atoms with Gasteiger partial charge in [-0.25, -0.2) is 0 Å². The van der Waals surface area contributed by atoms with E-state index in [0.29, 0.717) is 12.8 Å². The number of carboxylic acids is 1. The van der Waals surface area contributed by atoms with Gasteiger partial charge in [0.15, 0.2) is 0 Å². The first-order valence-corrected chi connectivity index (χ1v) is 10.2. The van der Waals surface area contributed by atoms with Crippen LogP contribution in [0.5, 0.6) is 0 Å². The van der Waals surface area contributed by atoms with Crippen LogP contribution < -0.4 is 10.4 Å². The fourth-order valence-corrected chi connectivity index (χ4v) is 4.34. The van der Waals surface area contributed by atoms with Crippen molar-refractivity contribution < 1.29 is 14.7 Å². The van der Waals surface area contributed by atoms with Crippen LogP contribution in [0, 0.1) is 11.8 Å². The van der Waals surface area contributed by atoms with Gasteiger partial charge in [0.05, 0.1) is 0 Å². The molecule has 4 heteroatoms. The number of aliphatic carboxylic acids is 1. The van der Waals surface area contributed by atoms with Crippen molar-refractivity contribution in [2.45, 2.75) is 102 Å². The molecule has 0 spiro atoms. The summed E-state index contributed by atoms with van der Waals surface area (Å²) in [4.78, 5) is 24.0. The van der Waals surface area contributed by atoms with Gasteiger partial charge in [0, 0.05) is 23.8 Å². The van der Waals surface area contributed by atoms with Crippen LogP contribution in [0.25, 0.3) is 0 Å². The van der Waals surface area contributed by atoms with E-state index in [1.165, 1.54) is 57.8 Å². The molecule has 24 heavy (non-hydrogen) atoms. The van der Waals surface area contributed by atoms with E-state index in [0.717, 1.165) is 25.7 Å². The first-order chi connectivity index (χ1) is 11.7. The third kappa shape index (κ3) is 6.45. The number of hydrogen-bond donors (Lipinski definition) is 1. The topological polar surface area (TPSA) is 69.2 Å². The number of hydrogen-bond acceptors (Lipinski definition) is 3. The van der Waals surface area contributed by atoms with Crippen LogP contribution >= 0.6 is 0 Å². The van der Waals surface area contributed by atoms with Gasteiger partial charge >= 0.3 is 0 Å². The molecule has 0 unspecified atom stereocenters. The second-order valence-electron chi connectivity index (χ2n) is 7.78. The Morgan fingerprint density at radius 3 is 1.54 bits per heavy atom. The molecule has 0 aliphatic heterocycles. The maximum absolute atomic E-state index is 12.7. The van der Waals surface area contributed by atoms with Crippen molar-refractivity contribution in [1.29, 1.82) is 0 Å². The molecule has 2 rings (SSSR count). The zero-order valence-electron chi connectivity index (χ0n) is 15.1. The summed E-state index contributed by atoms with van der Waals surface area (Å²) in [6.45, 7) is 0. The highest BCUT2D eigenvalue weighted by Crippen LogP contribution is 2.30. The SMILES string of the molecule is O=C(NC1CCCCCCCCCCC1)[C@H]1CCCC[C@H]1C(=O)[O-]. The molecular weight excluding hydrogens is 302 g/mol. The number of rotatable bonds is 3. The molecule has 0 saturated heterocycles. The Kier molecular flexibility index (Phi) is 8.62. The second-order valence-corrected chi connectivity index (χ2v) is 7.78. The molecule has 0 radical (unpaired) electrons. The fourth-order valence-electron chi connectivity index (χ4n) is 4.34. The molecule has 2 aliphatic rings. The Bertz CT molecular complexity index is 384. The summed E-state index contributed by atoms with van der Waals surface area (Å²) in [6.07, 6.45) is 16.7. The Labute approximate surface area is 146 Å². The summed E-state index contributed by atoms with van der Waals surface area (Å²) in [6, 6.07) is 0.223. The molecule has 2 fully saturated rings. The lowest BCUT2D eigenvalue weighted by molar-refractivity contribution is -0.314. The maximum atomic E-state index is 12.7. The van der Waals surface area contributed by atoms with E-state index in [2.05, 4.69) is 5.32 Å². The molecule has 1 amide bonds. The zero-order valence-corrected chi connectivity index (χ0v) is 15.1. The number of carboxylic acid groups (broad SMARTS) is 1. The molecule has 0 aromatic heterocycles. The molecule has 2 aliphatic carbocycles. The van der Waals surface area contributed by atoms with Crippen LogP contribution in [0.4, 0.5) is 0 Å². The molecule has 138 valence electrons. The second kappa shape index (κ2) is 10.7. The largest absolute Gasteiger partial charge is 0.550 e. The third-order valence-electron chi connectivity index (χ3n) is 5.86. The summed E-state index contributed by atoms with van der Waals surface area (Å²) < 4.78 is 0. The molecule has 2 atom stereocenters. The van der Waals surface area contributed by atoms with Crippen LogP contribution in [-0.2, 0) is 9.59 Å². The minimum absolute atomic E-state index is 0.0407. The number of carbonyl (C=O) groups excluding carboxylic acids is 2. The zero-order chi connectivity index (χ0) is 17.2. The molecule has 0 aromatic rings. The van der Waals surface area contributed by atoms with Crippen molar-refractivity contribution in [3.63, 3.8) is 0 Å². The third-order valence-corrected chi connectivity index (χ3v) is 5.86. The number of nitrogens with one attached hydrogen (secondary N) is 1. The van der Waals surface area contributed by atoms with E-state index in [1.807, 2.05) is 0 Å². The van der Waals surface area contributed by atoms with Gasteiger partial charge in [-0.15, -0.1) is 0 Å². The highest BCUT2D eigenvalue weighted by atomic mass is 16.4. The van der Waals surface area contributed by atoms with E-state index in [4.69, 9.17) is 0 Å². The summed E-state index contributed by atoms with van der Waals surface area (Å²) in [5.41, 5.74) is 0. The highest BCUT2D eigenvalue weighted by molar-refractivity contribution is 5.84. The van der Waals surface area contributed by atoms with Gasteiger partial charge in [-0.05, 0) is 25.7 Å². The van der Waals surface area contributed by atoms with Gasteiger partial charge in [-0.3, -0.25) is 4.79 Å². The van der Waals surface area contributed by atoms with Gasteiger partial charge in [-0.1, -0.05) is 70.6 Å². The molecular formula is C20H34NO3-. The number of amides is 1. The highest BCUT2D eigenvalue weighted by Gasteiger charge is 2.32. The lowest BCUT2D eigenvalue weighted by Crippen LogP contribution is -2.47. The van der Waals surface area contributed by atoms with Gasteiger partial charge < -0.3 is 15.2 Å². The summed E-state index contributed by atoms with van der Waals surface area (Å²) in [5.74, 6) is -2.07. The predicted octanol–water partition coefficient (Wildman–Crippen LogP) is 3.33. The lowest BCUT2D eigenvalue weighted by atomic mass is 9.78. The Hall–Kier alpha value is -1.06. The molecule has 2 saturated carbocycles. The molecule has 4 nitrogen and oxygen atoms in total. The minimum atomic E-state index is -1.05. The smallest absolute Gasteiger partial charge is 0.223 e. The van der Waals surface area contributed by atoms with E-state index in [-0.39, 0.29) is 17.9 Å². The lowest BCUT2D eigenvalue weighted by Gasteiger charge is -2.32. The maximum Gasteiger partial charge on any atom is 0.223 e. The molecule has 0 bridgehead atoms. The average molecular weight is 336 g/mol. The van der Waals surface area contributed by atoms with Gasteiger partial charge in [0.25, 0.3) is 0 Å². The molecule has 1 N–H and O–H groups in total. The minimum Gasteiger partial charge on any atom is -0.550 e. The predicted molar refractivity (Wildman–Crippen MR) is 93.2 cm³/mol. The molecule has 0 heterocycles. The van der Waals surface area contributed by atoms with E-state index < -0.39 is 11.9 Å². The van der Waals surface area contributed by atoms with E-state index in [1.54, 1.807) is 0 Å². The van der Waals surface area contributed by atoms with Crippen molar-refractivity contribution in [1.82, 2.24) is 5.32 Å². The van der Waals surface area contributed by atoms with Gasteiger partial charge in [0.2, 0.25) is 5.91 Å². The Morgan fingerprint density at radius 1 is 0.625 bits per heavy atom. The summed E-state index contributed by atoms with van der Waals surface area (Å²) in [7, 11) is 0. The fraction of sp³-hybridized carbons (Fsp3) is 0.900. The number of carbonyl (C=O) groups is 2. The van der Waals surface area contributed by atoms with Gasteiger partial charge in [0.1, 0.15) is 0 Å². The van der Waals surface area contributed by atoms with Gasteiger partial charge in [-0.2, -0.15) is 0 Å². The Morgan fingerprint density at radius 2 is 1.04 bits per heavy atom. The monoisotopic (exact) mass is 336 g/mol. The summed E-state index contributed by atoms with van der Waals surface area (Å²) in [5, 5.41) is 14.5. The average Bonchev–Trinajstić information content (AvgIpc) is 2.57. The first-order valence-electron chi connectivity index (χ1n) is 10.2. The normalized spacial score (nSPS) is 28.3. The van der Waals surface area contributed by atoms with Crippen molar-refractivity contribution in [2.24, 2.45) is 11.8 Å². The quantitative estimate of drug-likeness (QED) is 0.859. The van der Waals surface area contributed by atoms with Crippen LogP contribution in [0.1, 0.15) is 96.3 Å². The van der Waals surface area contributed by atoms with Crippen LogP contribution in [-0.4, -0.2) is 17.9 Å².